The Labute approximate surface area is 108 Å². The van der Waals surface area contributed by atoms with Crippen LogP contribution in [0.25, 0.3) is 5.69 Å². The molecule has 0 spiro atoms. The summed E-state index contributed by atoms with van der Waals surface area (Å²) in [4.78, 5) is 0. The lowest BCUT2D eigenvalue weighted by Gasteiger charge is -2.09. The van der Waals surface area contributed by atoms with Crippen LogP contribution in [0.4, 0.5) is 0 Å². The molecule has 1 aromatic carbocycles. The summed E-state index contributed by atoms with van der Waals surface area (Å²) in [5, 5.41) is 14.3. The molecule has 0 aliphatic carbocycles. The van der Waals surface area contributed by atoms with Crippen LogP contribution in [0.3, 0.4) is 0 Å². The van der Waals surface area contributed by atoms with E-state index in [0.717, 1.165) is 22.6 Å². The summed E-state index contributed by atoms with van der Waals surface area (Å²) in [5.74, 6) is 0. The fourth-order valence-electron chi connectivity index (χ4n) is 2.37. The summed E-state index contributed by atoms with van der Waals surface area (Å²) in [6.45, 7) is 9.91. The van der Waals surface area contributed by atoms with Crippen molar-refractivity contribution in [2.45, 2.75) is 40.7 Å². The topological polar surface area (TPSA) is 38.0 Å². The molecule has 0 amide bonds. The lowest BCUT2D eigenvalue weighted by Crippen LogP contribution is -2.01. The van der Waals surface area contributed by atoms with Gasteiger partial charge in [-0.25, -0.2) is 4.68 Å². The first-order valence-corrected chi connectivity index (χ1v) is 6.23. The van der Waals surface area contributed by atoms with Gasteiger partial charge in [0.15, 0.2) is 0 Å². The monoisotopic (exact) mass is 244 g/mol. The third-order valence-electron chi connectivity index (χ3n) is 3.50. The molecule has 0 saturated carbocycles. The fraction of sp³-hybridized carbons (Fsp3) is 0.400. The molecule has 0 bridgehead atoms. The first kappa shape index (κ1) is 12.8. The van der Waals surface area contributed by atoms with Gasteiger partial charge in [-0.2, -0.15) is 5.10 Å². The summed E-state index contributed by atoms with van der Waals surface area (Å²) < 4.78 is 1.91. The van der Waals surface area contributed by atoms with Crippen LogP contribution in [0, 0.1) is 27.7 Å². The Bertz CT molecular complexity index is 582. The highest BCUT2D eigenvalue weighted by molar-refractivity contribution is 5.42. The van der Waals surface area contributed by atoms with Gasteiger partial charge in [0.1, 0.15) is 0 Å². The van der Waals surface area contributed by atoms with E-state index in [-0.39, 0.29) is 0 Å². The van der Waals surface area contributed by atoms with Gasteiger partial charge in [0, 0.05) is 11.3 Å². The highest BCUT2D eigenvalue weighted by Crippen LogP contribution is 2.24. The zero-order chi connectivity index (χ0) is 13.4. The second-order valence-corrected chi connectivity index (χ2v) is 4.94. The standard InChI is InChI=1S/C15H20N2O/c1-9-6-7-14(8-10(9)2)17-12(4)15(13(5)18)11(3)16-17/h6-8,13,18H,1-5H3. The molecular formula is C15H20N2O. The van der Waals surface area contributed by atoms with E-state index in [2.05, 4.69) is 37.1 Å². The summed E-state index contributed by atoms with van der Waals surface area (Å²) in [6, 6.07) is 6.29. The van der Waals surface area contributed by atoms with E-state index >= 15 is 0 Å². The highest BCUT2D eigenvalue weighted by atomic mass is 16.3. The Kier molecular flexibility index (Phi) is 3.26. The Morgan fingerprint density at radius 1 is 1.11 bits per heavy atom. The number of aromatic nitrogens is 2. The minimum atomic E-state index is -0.481. The minimum Gasteiger partial charge on any atom is -0.389 e. The van der Waals surface area contributed by atoms with E-state index in [4.69, 9.17) is 0 Å². The maximum absolute atomic E-state index is 9.79. The molecule has 1 aromatic heterocycles. The van der Waals surface area contributed by atoms with Gasteiger partial charge >= 0.3 is 0 Å². The van der Waals surface area contributed by atoms with E-state index in [9.17, 15) is 5.11 Å². The van der Waals surface area contributed by atoms with Crippen molar-refractivity contribution in [1.82, 2.24) is 9.78 Å². The van der Waals surface area contributed by atoms with Crippen molar-refractivity contribution >= 4 is 0 Å². The van der Waals surface area contributed by atoms with Gasteiger partial charge in [-0.1, -0.05) is 6.07 Å². The Morgan fingerprint density at radius 3 is 2.28 bits per heavy atom. The van der Waals surface area contributed by atoms with E-state index in [1.165, 1.54) is 11.1 Å². The van der Waals surface area contributed by atoms with Crippen LogP contribution in [-0.2, 0) is 0 Å². The lowest BCUT2D eigenvalue weighted by atomic mass is 10.1. The van der Waals surface area contributed by atoms with Crippen molar-refractivity contribution in [2.24, 2.45) is 0 Å². The van der Waals surface area contributed by atoms with E-state index in [1.807, 2.05) is 18.5 Å². The third-order valence-corrected chi connectivity index (χ3v) is 3.50. The molecule has 3 heteroatoms. The van der Waals surface area contributed by atoms with Gasteiger partial charge in [-0.3, -0.25) is 0 Å². The second-order valence-electron chi connectivity index (χ2n) is 4.94. The average molecular weight is 244 g/mol. The molecule has 0 aliphatic rings. The number of nitrogens with zero attached hydrogens (tertiary/aromatic N) is 2. The molecule has 0 fully saturated rings. The number of hydrogen-bond donors (Lipinski definition) is 1. The van der Waals surface area contributed by atoms with E-state index < -0.39 is 6.10 Å². The number of aliphatic hydroxyl groups is 1. The Hall–Kier alpha value is -1.61. The van der Waals surface area contributed by atoms with Crippen LogP contribution in [0.15, 0.2) is 18.2 Å². The largest absolute Gasteiger partial charge is 0.389 e. The summed E-state index contributed by atoms with van der Waals surface area (Å²) in [6.07, 6.45) is -0.481. The maximum Gasteiger partial charge on any atom is 0.0797 e. The highest BCUT2D eigenvalue weighted by Gasteiger charge is 2.16. The average Bonchev–Trinajstić information content (AvgIpc) is 2.58. The van der Waals surface area contributed by atoms with Crippen molar-refractivity contribution in [2.75, 3.05) is 0 Å². The molecule has 1 unspecified atom stereocenters. The summed E-state index contributed by atoms with van der Waals surface area (Å²) in [5.41, 5.74) is 6.39. The number of aliphatic hydroxyl groups excluding tert-OH is 1. The van der Waals surface area contributed by atoms with Gasteiger partial charge < -0.3 is 5.11 Å². The van der Waals surface area contributed by atoms with Crippen molar-refractivity contribution in [1.29, 1.82) is 0 Å². The lowest BCUT2D eigenvalue weighted by molar-refractivity contribution is 0.198. The summed E-state index contributed by atoms with van der Waals surface area (Å²) >= 11 is 0. The van der Waals surface area contributed by atoms with Crippen LogP contribution in [-0.4, -0.2) is 14.9 Å². The third kappa shape index (κ3) is 2.06. The zero-order valence-electron chi connectivity index (χ0n) is 11.7. The molecule has 2 aromatic rings. The number of hydrogen-bond acceptors (Lipinski definition) is 2. The molecule has 1 N–H and O–H groups in total. The van der Waals surface area contributed by atoms with Crippen molar-refractivity contribution < 1.29 is 5.11 Å². The predicted octanol–water partition coefficient (Wildman–Crippen LogP) is 3.16. The van der Waals surface area contributed by atoms with Crippen molar-refractivity contribution in [3.63, 3.8) is 0 Å². The molecular weight excluding hydrogens is 224 g/mol. The number of aryl methyl sites for hydroxylation is 3. The Morgan fingerprint density at radius 2 is 1.78 bits per heavy atom. The quantitative estimate of drug-likeness (QED) is 0.881. The normalized spacial score (nSPS) is 12.8. The molecule has 96 valence electrons. The van der Waals surface area contributed by atoms with Gasteiger partial charge in [0.2, 0.25) is 0 Å². The zero-order valence-corrected chi connectivity index (χ0v) is 11.7. The molecule has 0 radical (unpaired) electrons. The van der Waals surface area contributed by atoms with E-state index in [1.54, 1.807) is 6.92 Å². The predicted molar refractivity (Wildman–Crippen MR) is 73.1 cm³/mol. The SMILES string of the molecule is Cc1ccc(-n2nc(C)c(C(C)O)c2C)cc1C. The van der Waals surface area contributed by atoms with Gasteiger partial charge in [0.05, 0.1) is 17.5 Å². The molecule has 0 aliphatic heterocycles. The maximum atomic E-state index is 9.79. The van der Waals surface area contributed by atoms with Crippen LogP contribution >= 0.6 is 0 Å². The smallest absolute Gasteiger partial charge is 0.0797 e. The van der Waals surface area contributed by atoms with Crippen LogP contribution in [0.5, 0.6) is 0 Å². The summed E-state index contributed by atoms with van der Waals surface area (Å²) in [7, 11) is 0. The van der Waals surface area contributed by atoms with Crippen LogP contribution in [0.2, 0.25) is 0 Å². The number of benzene rings is 1. The first-order valence-electron chi connectivity index (χ1n) is 6.23. The molecule has 1 atom stereocenters. The van der Waals surface area contributed by atoms with Crippen LogP contribution in [0.1, 0.15) is 41.1 Å². The Balaban J connectivity index is 2.58. The van der Waals surface area contributed by atoms with Crippen LogP contribution < -0.4 is 0 Å². The van der Waals surface area contributed by atoms with Crippen molar-refractivity contribution in [3.8, 4) is 5.69 Å². The second kappa shape index (κ2) is 4.58. The van der Waals surface area contributed by atoms with Gasteiger partial charge in [0.25, 0.3) is 0 Å². The first-order chi connectivity index (χ1) is 8.41. The molecule has 0 saturated heterocycles. The number of rotatable bonds is 2. The molecule has 2 rings (SSSR count). The molecule has 18 heavy (non-hydrogen) atoms. The van der Waals surface area contributed by atoms with E-state index in [0.29, 0.717) is 0 Å². The van der Waals surface area contributed by atoms with Gasteiger partial charge in [-0.15, -0.1) is 0 Å². The van der Waals surface area contributed by atoms with Crippen molar-refractivity contribution in [3.05, 3.63) is 46.3 Å². The molecule has 1 heterocycles. The minimum absolute atomic E-state index is 0.481. The van der Waals surface area contributed by atoms with Gasteiger partial charge in [-0.05, 0) is 57.9 Å². The fourth-order valence-corrected chi connectivity index (χ4v) is 2.37. The molecule has 3 nitrogen and oxygen atoms in total.